The molecule has 1 rings (SSSR count). The molecule has 0 aromatic rings. The number of likely N-dealkylation sites (tertiary alicyclic amines) is 1. The predicted octanol–water partition coefficient (Wildman–Crippen LogP) is 1.61. The molecular formula is C13H28N2O. The minimum Gasteiger partial charge on any atom is -0.393 e. The summed E-state index contributed by atoms with van der Waals surface area (Å²) in [6.45, 7) is 5.33. The lowest BCUT2D eigenvalue weighted by Crippen LogP contribution is -2.38. The Morgan fingerprint density at radius 3 is 2.88 bits per heavy atom. The molecule has 0 amide bonds. The van der Waals surface area contributed by atoms with Crippen LogP contribution in [0.1, 0.15) is 45.4 Å². The number of hydrogen-bond donors (Lipinski definition) is 2. The second-order valence-corrected chi connectivity index (χ2v) is 5.02. The Morgan fingerprint density at radius 2 is 2.19 bits per heavy atom. The number of aliphatic hydroxyl groups is 1. The summed E-state index contributed by atoms with van der Waals surface area (Å²) in [5, 5.41) is 12.8. The number of nitrogens with zero attached hydrogens (tertiary/aromatic N) is 1. The molecular weight excluding hydrogens is 200 g/mol. The van der Waals surface area contributed by atoms with Gasteiger partial charge < -0.3 is 15.3 Å². The maximum Gasteiger partial charge on any atom is 0.0549 e. The second kappa shape index (κ2) is 8.04. The molecule has 0 aromatic heterocycles. The van der Waals surface area contributed by atoms with E-state index in [2.05, 4.69) is 17.3 Å². The number of nitrogens with one attached hydrogen (secondary N) is 1. The molecule has 16 heavy (non-hydrogen) atoms. The highest BCUT2D eigenvalue weighted by Gasteiger charge is 2.17. The van der Waals surface area contributed by atoms with Crippen LogP contribution in [-0.4, -0.2) is 48.8 Å². The van der Waals surface area contributed by atoms with Crippen LogP contribution < -0.4 is 5.32 Å². The van der Waals surface area contributed by atoms with Crippen LogP contribution >= 0.6 is 0 Å². The predicted molar refractivity (Wildman–Crippen MR) is 68.7 cm³/mol. The zero-order valence-corrected chi connectivity index (χ0v) is 10.9. The average molecular weight is 228 g/mol. The van der Waals surface area contributed by atoms with Gasteiger partial charge in [-0.15, -0.1) is 0 Å². The zero-order valence-electron chi connectivity index (χ0n) is 10.9. The van der Waals surface area contributed by atoms with Crippen LogP contribution in [0.3, 0.4) is 0 Å². The van der Waals surface area contributed by atoms with Crippen LogP contribution in [-0.2, 0) is 0 Å². The van der Waals surface area contributed by atoms with Crippen LogP contribution in [0.15, 0.2) is 0 Å². The first kappa shape index (κ1) is 13.9. The first-order chi connectivity index (χ1) is 7.74. The van der Waals surface area contributed by atoms with E-state index in [0.29, 0.717) is 0 Å². The van der Waals surface area contributed by atoms with Gasteiger partial charge in [0.2, 0.25) is 0 Å². The highest BCUT2D eigenvalue weighted by molar-refractivity contribution is 4.74. The monoisotopic (exact) mass is 228 g/mol. The van der Waals surface area contributed by atoms with Crippen molar-refractivity contribution in [2.24, 2.45) is 0 Å². The van der Waals surface area contributed by atoms with Crippen molar-refractivity contribution in [2.45, 2.75) is 57.6 Å². The highest BCUT2D eigenvalue weighted by atomic mass is 16.3. The molecule has 3 nitrogen and oxygen atoms in total. The second-order valence-electron chi connectivity index (χ2n) is 5.02. The van der Waals surface area contributed by atoms with E-state index in [0.717, 1.165) is 32.0 Å². The molecule has 1 aliphatic rings. The lowest BCUT2D eigenvalue weighted by Gasteiger charge is -2.32. The quantitative estimate of drug-likeness (QED) is 0.650. The molecule has 2 N–H and O–H groups in total. The molecule has 2 atom stereocenters. The molecule has 1 heterocycles. The van der Waals surface area contributed by atoms with Crippen molar-refractivity contribution in [1.29, 1.82) is 0 Å². The van der Waals surface area contributed by atoms with E-state index < -0.39 is 0 Å². The van der Waals surface area contributed by atoms with Gasteiger partial charge in [0.05, 0.1) is 6.10 Å². The Bertz CT molecular complexity index is 175. The van der Waals surface area contributed by atoms with E-state index in [1.807, 2.05) is 6.92 Å². The zero-order chi connectivity index (χ0) is 11.8. The van der Waals surface area contributed by atoms with Gasteiger partial charge in [0.1, 0.15) is 0 Å². The molecule has 96 valence electrons. The third kappa shape index (κ3) is 5.28. The SMILES string of the molecule is CCC(O)CCNCCC1CCCCN1C. The van der Waals surface area contributed by atoms with E-state index in [9.17, 15) is 5.11 Å². The normalized spacial score (nSPS) is 24.6. The number of piperidine rings is 1. The Morgan fingerprint density at radius 1 is 1.38 bits per heavy atom. The minimum absolute atomic E-state index is 0.121. The highest BCUT2D eigenvalue weighted by Crippen LogP contribution is 2.16. The van der Waals surface area contributed by atoms with E-state index in [-0.39, 0.29) is 6.10 Å². The Hall–Kier alpha value is -0.120. The van der Waals surface area contributed by atoms with Crippen LogP contribution in [0, 0.1) is 0 Å². The molecule has 0 radical (unpaired) electrons. The summed E-state index contributed by atoms with van der Waals surface area (Å²) in [5.41, 5.74) is 0. The number of aliphatic hydroxyl groups excluding tert-OH is 1. The van der Waals surface area contributed by atoms with E-state index >= 15 is 0 Å². The third-order valence-electron chi connectivity index (χ3n) is 3.70. The van der Waals surface area contributed by atoms with Gasteiger partial charge in [-0.3, -0.25) is 0 Å². The first-order valence-corrected chi connectivity index (χ1v) is 6.83. The van der Waals surface area contributed by atoms with E-state index in [4.69, 9.17) is 0 Å². The van der Waals surface area contributed by atoms with E-state index in [1.54, 1.807) is 0 Å². The summed E-state index contributed by atoms with van der Waals surface area (Å²) >= 11 is 0. The Kier molecular flexibility index (Phi) is 7.01. The van der Waals surface area contributed by atoms with Gasteiger partial charge in [0, 0.05) is 6.04 Å². The van der Waals surface area contributed by atoms with Gasteiger partial charge in [-0.05, 0) is 58.8 Å². The molecule has 2 unspecified atom stereocenters. The molecule has 0 aromatic carbocycles. The van der Waals surface area contributed by atoms with E-state index in [1.165, 1.54) is 32.2 Å². The number of rotatable bonds is 7. The van der Waals surface area contributed by atoms with Crippen molar-refractivity contribution in [1.82, 2.24) is 10.2 Å². The lowest BCUT2D eigenvalue weighted by atomic mass is 10.0. The van der Waals surface area contributed by atoms with Gasteiger partial charge in [0.15, 0.2) is 0 Å². The van der Waals surface area contributed by atoms with Crippen molar-refractivity contribution in [2.75, 3.05) is 26.7 Å². The molecule has 0 bridgehead atoms. The van der Waals surface area contributed by atoms with Gasteiger partial charge in [-0.1, -0.05) is 13.3 Å². The number of hydrogen-bond acceptors (Lipinski definition) is 3. The van der Waals surface area contributed by atoms with Crippen LogP contribution in [0.25, 0.3) is 0 Å². The van der Waals surface area contributed by atoms with Crippen molar-refractivity contribution in [3.8, 4) is 0 Å². The van der Waals surface area contributed by atoms with Gasteiger partial charge in [-0.25, -0.2) is 0 Å². The van der Waals surface area contributed by atoms with Gasteiger partial charge in [0.25, 0.3) is 0 Å². The first-order valence-electron chi connectivity index (χ1n) is 6.83. The summed E-state index contributed by atoms with van der Waals surface area (Å²) in [7, 11) is 2.24. The summed E-state index contributed by atoms with van der Waals surface area (Å²) < 4.78 is 0. The minimum atomic E-state index is -0.121. The summed E-state index contributed by atoms with van der Waals surface area (Å²) in [6, 6.07) is 0.775. The van der Waals surface area contributed by atoms with Gasteiger partial charge >= 0.3 is 0 Å². The summed E-state index contributed by atoms with van der Waals surface area (Å²) in [5.74, 6) is 0. The smallest absolute Gasteiger partial charge is 0.0549 e. The average Bonchev–Trinajstić information content (AvgIpc) is 2.30. The Labute approximate surface area is 100 Å². The molecule has 3 heteroatoms. The topological polar surface area (TPSA) is 35.5 Å². The molecule has 0 aliphatic carbocycles. The van der Waals surface area contributed by atoms with Crippen molar-refractivity contribution < 1.29 is 5.11 Å². The fourth-order valence-corrected chi connectivity index (χ4v) is 2.38. The van der Waals surface area contributed by atoms with Crippen LogP contribution in [0.2, 0.25) is 0 Å². The lowest BCUT2D eigenvalue weighted by molar-refractivity contribution is 0.157. The van der Waals surface area contributed by atoms with Gasteiger partial charge in [-0.2, -0.15) is 0 Å². The summed E-state index contributed by atoms with van der Waals surface area (Å²) in [4.78, 5) is 2.49. The molecule has 0 saturated carbocycles. The molecule has 1 fully saturated rings. The maximum absolute atomic E-state index is 9.40. The van der Waals surface area contributed by atoms with Crippen molar-refractivity contribution in [3.05, 3.63) is 0 Å². The van der Waals surface area contributed by atoms with Crippen LogP contribution in [0.4, 0.5) is 0 Å². The third-order valence-corrected chi connectivity index (χ3v) is 3.70. The summed E-state index contributed by atoms with van der Waals surface area (Å²) in [6.07, 6.45) is 7.00. The molecule has 1 aliphatic heterocycles. The standard InChI is InChI=1S/C13H28N2O/c1-3-13(16)8-10-14-9-7-12-6-4-5-11-15(12)2/h12-14,16H,3-11H2,1-2H3. The largest absolute Gasteiger partial charge is 0.393 e. The Balaban J connectivity index is 1.97. The fraction of sp³-hybridized carbons (Fsp3) is 1.00. The molecule has 0 spiro atoms. The fourth-order valence-electron chi connectivity index (χ4n) is 2.38. The van der Waals surface area contributed by atoms with Crippen LogP contribution in [0.5, 0.6) is 0 Å². The van der Waals surface area contributed by atoms with Crippen molar-refractivity contribution in [3.63, 3.8) is 0 Å². The van der Waals surface area contributed by atoms with Crippen molar-refractivity contribution >= 4 is 0 Å². The maximum atomic E-state index is 9.40. The molecule has 1 saturated heterocycles.